The normalized spacial score (nSPS) is 12.9. The van der Waals surface area contributed by atoms with Crippen LogP contribution < -0.4 is 5.32 Å². The van der Waals surface area contributed by atoms with Gasteiger partial charge in [-0.3, -0.25) is 4.79 Å². The van der Waals surface area contributed by atoms with Gasteiger partial charge in [-0.2, -0.15) is 0 Å². The van der Waals surface area contributed by atoms with Gasteiger partial charge in [0.25, 0.3) is 0 Å². The smallest absolute Gasteiger partial charge is 0.217 e. The average molecular weight is 217 g/mol. The highest BCUT2D eigenvalue weighted by molar-refractivity contribution is 5.73. The van der Waals surface area contributed by atoms with Crippen molar-refractivity contribution in [2.24, 2.45) is 5.92 Å². The van der Waals surface area contributed by atoms with Gasteiger partial charge in [0.15, 0.2) is 0 Å². The van der Waals surface area contributed by atoms with Gasteiger partial charge in [-0.15, -0.1) is 0 Å². The Balaban J connectivity index is 3.62. The van der Waals surface area contributed by atoms with Crippen molar-refractivity contribution in [3.8, 4) is 0 Å². The Morgan fingerprint density at radius 1 is 1.33 bits per heavy atom. The van der Waals surface area contributed by atoms with Crippen LogP contribution in [0.1, 0.15) is 27.2 Å². The van der Waals surface area contributed by atoms with Crippen molar-refractivity contribution >= 4 is 5.91 Å². The SMILES string of the molecule is COCCCOCC(NC(C)=O)C(C)C. The fourth-order valence-electron chi connectivity index (χ4n) is 1.18. The Labute approximate surface area is 92.3 Å². The largest absolute Gasteiger partial charge is 0.385 e. The lowest BCUT2D eigenvalue weighted by Gasteiger charge is -2.21. The van der Waals surface area contributed by atoms with Crippen LogP contribution in [0.2, 0.25) is 0 Å². The van der Waals surface area contributed by atoms with Crippen LogP contribution in [0, 0.1) is 5.92 Å². The summed E-state index contributed by atoms with van der Waals surface area (Å²) in [6.07, 6.45) is 0.890. The minimum Gasteiger partial charge on any atom is -0.385 e. The number of amides is 1. The molecule has 4 heteroatoms. The van der Waals surface area contributed by atoms with Crippen LogP contribution in [0.5, 0.6) is 0 Å². The molecule has 0 saturated carbocycles. The van der Waals surface area contributed by atoms with E-state index in [9.17, 15) is 4.79 Å². The summed E-state index contributed by atoms with van der Waals surface area (Å²) in [6.45, 7) is 7.63. The zero-order valence-corrected chi connectivity index (χ0v) is 10.2. The molecule has 0 aromatic heterocycles. The number of nitrogens with one attached hydrogen (secondary N) is 1. The molecular formula is C11H23NO3. The molecule has 1 amide bonds. The summed E-state index contributed by atoms with van der Waals surface area (Å²) in [7, 11) is 1.67. The highest BCUT2D eigenvalue weighted by Crippen LogP contribution is 2.02. The molecule has 0 rings (SSSR count). The van der Waals surface area contributed by atoms with E-state index in [1.807, 2.05) is 0 Å². The highest BCUT2D eigenvalue weighted by atomic mass is 16.5. The minimum atomic E-state index is -0.00538. The number of hydrogen-bond donors (Lipinski definition) is 1. The molecule has 0 aliphatic rings. The molecule has 4 nitrogen and oxygen atoms in total. The minimum absolute atomic E-state index is 0.00538. The van der Waals surface area contributed by atoms with Crippen molar-refractivity contribution in [2.75, 3.05) is 26.9 Å². The van der Waals surface area contributed by atoms with Gasteiger partial charge in [0.2, 0.25) is 5.91 Å². The molecule has 0 saturated heterocycles. The van der Waals surface area contributed by atoms with Crippen molar-refractivity contribution in [1.29, 1.82) is 0 Å². The highest BCUT2D eigenvalue weighted by Gasteiger charge is 2.13. The van der Waals surface area contributed by atoms with Gasteiger partial charge < -0.3 is 14.8 Å². The van der Waals surface area contributed by atoms with Crippen LogP contribution in [-0.4, -0.2) is 38.9 Å². The van der Waals surface area contributed by atoms with Crippen molar-refractivity contribution in [3.63, 3.8) is 0 Å². The lowest BCUT2D eigenvalue weighted by Crippen LogP contribution is -2.40. The molecule has 90 valence electrons. The molecule has 0 aromatic rings. The van der Waals surface area contributed by atoms with Gasteiger partial charge >= 0.3 is 0 Å². The summed E-state index contributed by atoms with van der Waals surface area (Å²) in [6, 6.07) is 0.102. The zero-order valence-electron chi connectivity index (χ0n) is 10.2. The zero-order chi connectivity index (χ0) is 11.7. The van der Waals surface area contributed by atoms with Crippen LogP contribution in [0.3, 0.4) is 0 Å². The first-order valence-electron chi connectivity index (χ1n) is 5.41. The second kappa shape index (κ2) is 8.68. The van der Waals surface area contributed by atoms with Crippen LogP contribution in [0.4, 0.5) is 0 Å². The summed E-state index contributed by atoms with van der Waals surface area (Å²) in [5.74, 6) is 0.380. The Kier molecular flexibility index (Phi) is 8.33. The third-order valence-electron chi connectivity index (χ3n) is 2.13. The molecular weight excluding hydrogens is 194 g/mol. The molecule has 0 bridgehead atoms. The van der Waals surface area contributed by atoms with Gasteiger partial charge in [0, 0.05) is 27.2 Å². The predicted molar refractivity (Wildman–Crippen MR) is 59.8 cm³/mol. The van der Waals surface area contributed by atoms with Gasteiger partial charge in [-0.1, -0.05) is 13.8 Å². The van der Waals surface area contributed by atoms with E-state index in [0.717, 1.165) is 6.42 Å². The molecule has 0 aliphatic carbocycles. The van der Waals surface area contributed by atoms with E-state index in [1.54, 1.807) is 7.11 Å². The number of carbonyl (C=O) groups is 1. The standard InChI is InChI=1S/C11H23NO3/c1-9(2)11(12-10(3)13)8-15-7-5-6-14-4/h9,11H,5-8H2,1-4H3,(H,12,13). The molecule has 0 spiro atoms. The molecule has 0 heterocycles. The van der Waals surface area contributed by atoms with Gasteiger partial charge in [-0.25, -0.2) is 0 Å². The van der Waals surface area contributed by atoms with E-state index in [1.165, 1.54) is 6.92 Å². The second-order valence-corrected chi connectivity index (χ2v) is 3.97. The van der Waals surface area contributed by atoms with Gasteiger partial charge in [-0.05, 0) is 12.3 Å². The van der Waals surface area contributed by atoms with E-state index >= 15 is 0 Å². The third-order valence-corrected chi connectivity index (χ3v) is 2.13. The molecule has 1 unspecified atom stereocenters. The van der Waals surface area contributed by atoms with Crippen LogP contribution in [-0.2, 0) is 14.3 Å². The molecule has 1 N–H and O–H groups in total. The van der Waals surface area contributed by atoms with E-state index < -0.39 is 0 Å². The Hall–Kier alpha value is -0.610. The fraction of sp³-hybridized carbons (Fsp3) is 0.909. The van der Waals surface area contributed by atoms with Crippen LogP contribution in [0.25, 0.3) is 0 Å². The number of rotatable bonds is 8. The Bertz CT molecular complexity index is 171. The monoisotopic (exact) mass is 217 g/mol. The number of methoxy groups -OCH3 is 1. The third kappa shape index (κ3) is 8.39. The predicted octanol–water partition coefficient (Wildman–Crippen LogP) is 1.20. The first kappa shape index (κ1) is 14.4. The first-order valence-corrected chi connectivity index (χ1v) is 5.41. The van der Waals surface area contributed by atoms with E-state index in [-0.39, 0.29) is 11.9 Å². The summed E-state index contributed by atoms with van der Waals surface area (Å²) < 4.78 is 10.4. The van der Waals surface area contributed by atoms with E-state index in [2.05, 4.69) is 19.2 Å². The summed E-state index contributed by atoms with van der Waals surface area (Å²) in [5.41, 5.74) is 0. The van der Waals surface area contributed by atoms with Crippen LogP contribution in [0.15, 0.2) is 0 Å². The maximum Gasteiger partial charge on any atom is 0.217 e. The van der Waals surface area contributed by atoms with E-state index in [4.69, 9.17) is 9.47 Å². The molecule has 0 aliphatic heterocycles. The number of hydrogen-bond acceptors (Lipinski definition) is 3. The lowest BCUT2D eigenvalue weighted by molar-refractivity contribution is -0.120. The van der Waals surface area contributed by atoms with Crippen molar-refractivity contribution in [1.82, 2.24) is 5.32 Å². The Morgan fingerprint density at radius 3 is 2.47 bits per heavy atom. The maximum absolute atomic E-state index is 10.9. The second-order valence-electron chi connectivity index (χ2n) is 3.97. The number of ether oxygens (including phenoxy) is 2. The maximum atomic E-state index is 10.9. The molecule has 0 aromatic carbocycles. The molecule has 0 fully saturated rings. The number of carbonyl (C=O) groups excluding carboxylic acids is 1. The lowest BCUT2D eigenvalue weighted by atomic mass is 10.1. The quantitative estimate of drug-likeness (QED) is 0.621. The summed E-state index contributed by atoms with van der Waals surface area (Å²) >= 11 is 0. The fourth-order valence-corrected chi connectivity index (χ4v) is 1.18. The van der Waals surface area contributed by atoms with Crippen molar-refractivity contribution in [2.45, 2.75) is 33.2 Å². The topological polar surface area (TPSA) is 47.6 Å². The molecule has 15 heavy (non-hydrogen) atoms. The molecule has 1 atom stereocenters. The Morgan fingerprint density at radius 2 is 2.00 bits per heavy atom. The summed E-state index contributed by atoms with van der Waals surface area (Å²) in [4.78, 5) is 10.9. The first-order chi connectivity index (χ1) is 7.07. The van der Waals surface area contributed by atoms with Gasteiger partial charge in [0.05, 0.1) is 12.6 Å². The van der Waals surface area contributed by atoms with E-state index in [0.29, 0.717) is 25.7 Å². The van der Waals surface area contributed by atoms with Gasteiger partial charge in [0.1, 0.15) is 0 Å². The average Bonchev–Trinajstić information content (AvgIpc) is 2.15. The summed E-state index contributed by atoms with van der Waals surface area (Å²) in [5, 5.41) is 2.88. The van der Waals surface area contributed by atoms with Crippen molar-refractivity contribution in [3.05, 3.63) is 0 Å². The van der Waals surface area contributed by atoms with Crippen LogP contribution >= 0.6 is 0 Å². The molecule has 0 radical (unpaired) electrons. The van der Waals surface area contributed by atoms with Crippen molar-refractivity contribution < 1.29 is 14.3 Å².